The summed E-state index contributed by atoms with van der Waals surface area (Å²) < 4.78 is 11.3. The topological polar surface area (TPSA) is 175 Å². The molecule has 23 heavy (non-hydrogen) atoms. The van der Waals surface area contributed by atoms with Crippen LogP contribution in [0, 0.1) is 0 Å². The number of nitrogens with zero attached hydrogens (tertiary/aromatic N) is 4. The SMILES string of the molecule is Nc1ncnc2c1ncn2C1OC(COP([O-])([O-])=S)C(O)C1O. The van der Waals surface area contributed by atoms with Crippen molar-refractivity contribution in [2.45, 2.75) is 24.5 Å². The molecule has 13 heteroatoms. The van der Waals surface area contributed by atoms with E-state index in [-0.39, 0.29) is 5.82 Å². The quantitative estimate of drug-likeness (QED) is 0.473. The van der Waals surface area contributed by atoms with Gasteiger partial charge in [-0.25, -0.2) is 15.0 Å². The molecule has 3 rings (SSSR count). The number of nitrogens with two attached hydrogens (primary N) is 1. The van der Waals surface area contributed by atoms with E-state index >= 15 is 0 Å². The predicted molar refractivity (Wildman–Crippen MR) is 75.9 cm³/mol. The average Bonchev–Trinajstić information content (AvgIpc) is 3.01. The molecule has 0 spiro atoms. The molecular weight excluding hydrogens is 349 g/mol. The number of ether oxygens (including phenoxy) is 1. The van der Waals surface area contributed by atoms with Crippen LogP contribution in [0.5, 0.6) is 0 Å². The molecule has 0 aromatic carbocycles. The molecule has 126 valence electrons. The van der Waals surface area contributed by atoms with Crippen LogP contribution in [-0.4, -0.2) is 54.7 Å². The smallest absolute Gasteiger partial charge is 0.167 e. The summed E-state index contributed by atoms with van der Waals surface area (Å²) in [5.74, 6) is 0.153. The van der Waals surface area contributed by atoms with Gasteiger partial charge in [0.25, 0.3) is 0 Å². The summed E-state index contributed by atoms with van der Waals surface area (Å²) in [4.78, 5) is 33.6. The van der Waals surface area contributed by atoms with Gasteiger partial charge in [0, 0.05) is 0 Å². The van der Waals surface area contributed by atoms with E-state index in [9.17, 15) is 20.0 Å². The first-order chi connectivity index (χ1) is 10.8. The third-order valence-electron chi connectivity index (χ3n) is 3.40. The second-order valence-corrected chi connectivity index (χ2v) is 7.37. The summed E-state index contributed by atoms with van der Waals surface area (Å²) in [6.07, 6.45) is -2.32. The van der Waals surface area contributed by atoms with Crippen molar-refractivity contribution in [1.82, 2.24) is 19.5 Å². The highest BCUT2D eigenvalue weighted by molar-refractivity contribution is 8.05. The number of hydrogen-bond donors (Lipinski definition) is 3. The number of rotatable bonds is 4. The fourth-order valence-electron chi connectivity index (χ4n) is 2.32. The van der Waals surface area contributed by atoms with Crippen molar-refractivity contribution < 1.29 is 29.3 Å². The van der Waals surface area contributed by atoms with Gasteiger partial charge in [0.2, 0.25) is 0 Å². The lowest BCUT2D eigenvalue weighted by atomic mass is 10.1. The Balaban J connectivity index is 1.85. The Hall–Kier alpha value is -1.24. The normalized spacial score (nSPS) is 28.5. The van der Waals surface area contributed by atoms with Crippen LogP contribution in [0.25, 0.3) is 11.2 Å². The fraction of sp³-hybridized carbons (Fsp3) is 0.500. The van der Waals surface area contributed by atoms with Gasteiger partial charge in [0.1, 0.15) is 30.2 Å². The van der Waals surface area contributed by atoms with Crippen molar-refractivity contribution in [3.8, 4) is 0 Å². The Morgan fingerprint density at radius 1 is 1.35 bits per heavy atom. The van der Waals surface area contributed by atoms with Crippen molar-refractivity contribution >= 4 is 35.5 Å². The standard InChI is InChI=1S/C10H14N5O6PS/c11-8-5-9(13-2-12-8)15(3-14-5)10-7(17)6(16)4(21-10)1-20-22(18,19)23/h2-4,6-7,10,16-17H,1H2,(H2,11,12,13)(H2,18,19,23)/p-2. The lowest BCUT2D eigenvalue weighted by Gasteiger charge is -2.35. The van der Waals surface area contributed by atoms with Crippen LogP contribution < -0.4 is 15.5 Å². The van der Waals surface area contributed by atoms with Crippen LogP contribution in [0.4, 0.5) is 5.82 Å². The number of aromatic nitrogens is 4. The Bertz CT molecular complexity index is 767. The van der Waals surface area contributed by atoms with Crippen LogP contribution in [0.3, 0.4) is 0 Å². The van der Waals surface area contributed by atoms with Crippen molar-refractivity contribution in [1.29, 1.82) is 0 Å². The van der Waals surface area contributed by atoms with Gasteiger partial charge >= 0.3 is 0 Å². The number of nitrogen functional groups attached to an aromatic ring is 1. The number of aliphatic hydroxyl groups is 2. The first-order valence-electron chi connectivity index (χ1n) is 6.39. The Morgan fingerprint density at radius 3 is 2.78 bits per heavy atom. The molecule has 0 aliphatic carbocycles. The number of aliphatic hydroxyl groups excluding tert-OH is 2. The molecule has 0 radical (unpaired) electrons. The lowest BCUT2D eigenvalue weighted by Crippen LogP contribution is -2.34. The molecule has 2 aromatic rings. The van der Waals surface area contributed by atoms with E-state index in [1.807, 2.05) is 0 Å². The molecule has 1 aliphatic heterocycles. The molecule has 4 atom stereocenters. The zero-order chi connectivity index (χ0) is 16.8. The van der Waals surface area contributed by atoms with Gasteiger partial charge < -0.3 is 35.0 Å². The third-order valence-corrected chi connectivity index (χ3v) is 4.18. The highest BCUT2D eigenvalue weighted by Gasteiger charge is 2.44. The van der Waals surface area contributed by atoms with Crippen LogP contribution in [0.15, 0.2) is 12.7 Å². The van der Waals surface area contributed by atoms with E-state index in [2.05, 4.69) is 31.3 Å². The van der Waals surface area contributed by atoms with E-state index in [4.69, 9.17) is 10.5 Å². The Labute approximate surface area is 134 Å². The molecule has 2 aromatic heterocycles. The van der Waals surface area contributed by atoms with Gasteiger partial charge in [-0.15, -0.1) is 11.8 Å². The maximum absolute atomic E-state index is 10.9. The minimum atomic E-state index is -4.39. The van der Waals surface area contributed by atoms with E-state index in [1.165, 1.54) is 17.2 Å². The predicted octanol–water partition coefficient (Wildman–Crippen LogP) is -3.01. The largest absolute Gasteiger partial charge is 0.812 e. The van der Waals surface area contributed by atoms with Crippen LogP contribution in [0.2, 0.25) is 0 Å². The third kappa shape index (κ3) is 3.20. The van der Waals surface area contributed by atoms with Crippen LogP contribution in [-0.2, 0) is 21.1 Å². The summed E-state index contributed by atoms with van der Waals surface area (Å²) in [6.45, 7) is -4.90. The summed E-state index contributed by atoms with van der Waals surface area (Å²) in [5, 5.41) is 20.1. The first-order valence-corrected chi connectivity index (χ1v) is 8.95. The molecule has 0 bridgehead atoms. The fourth-order valence-corrected chi connectivity index (χ4v) is 2.83. The average molecular weight is 361 g/mol. The second-order valence-electron chi connectivity index (χ2n) is 4.87. The lowest BCUT2D eigenvalue weighted by molar-refractivity contribution is -0.322. The molecule has 1 fully saturated rings. The van der Waals surface area contributed by atoms with Gasteiger partial charge in [0.15, 0.2) is 17.7 Å². The number of hydrogen-bond acceptors (Lipinski definition) is 11. The zero-order valence-corrected chi connectivity index (χ0v) is 13.1. The molecule has 0 amide bonds. The number of imidazole rings is 1. The van der Waals surface area contributed by atoms with Gasteiger partial charge in [-0.05, 0) is 0 Å². The van der Waals surface area contributed by atoms with E-state index in [0.29, 0.717) is 11.2 Å². The Morgan fingerprint density at radius 2 is 2.09 bits per heavy atom. The number of fused-ring (bicyclic) bond motifs is 1. The monoisotopic (exact) mass is 361 g/mol. The second kappa shape index (κ2) is 6.00. The molecule has 4 N–H and O–H groups in total. The summed E-state index contributed by atoms with van der Waals surface area (Å²) in [7, 11) is 0. The van der Waals surface area contributed by atoms with Gasteiger partial charge in [0.05, 0.1) is 12.9 Å². The molecule has 11 nitrogen and oxygen atoms in total. The van der Waals surface area contributed by atoms with Gasteiger partial charge in [-0.3, -0.25) is 4.57 Å². The van der Waals surface area contributed by atoms with Crippen molar-refractivity contribution in [2.24, 2.45) is 0 Å². The van der Waals surface area contributed by atoms with Crippen molar-refractivity contribution in [2.75, 3.05) is 12.3 Å². The Kier molecular flexibility index (Phi) is 4.33. The maximum atomic E-state index is 10.9. The molecule has 1 saturated heterocycles. The molecule has 0 saturated carbocycles. The first kappa shape index (κ1) is 16.6. The van der Waals surface area contributed by atoms with Gasteiger partial charge in [-0.2, -0.15) is 0 Å². The maximum Gasteiger partial charge on any atom is 0.167 e. The minimum Gasteiger partial charge on any atom is -0.812 e. The highest BCUT2D eigenvalue weighted by Crippen LogP contribution is 2.34. The number of anilines is 1. The van der Waals surface area contributed by atoms with Crippen molar-refractivity contribution in [3.63, 3.8) is 0 Å². The van der Waals surface area contributed by atoms with Crippen LogP contribution >= 0.6 is 6.72 Å². The van der Waals surface area contributed by atoms with E-state index in [1.54, 1.807) is 0 Å². The van der Waals surface area contributed by atoms with Gasteiger partial charge in [-0.1, -0.05) is 6.72 Å². The van der Waals surface area contributed by atoms with Crippen LogP contribution in [0.1, 0.15) is 6.23 Å². The molecule has 3 heterocycles. The minimum absolute atomic E-state index is 0.153. The highest BCUT2D eigenvalue weighted by atomic mass is 32.5. The van der Waals surface area contributed by atoms with Crippen molar-refractivity contribution in [3.05, 3.63) is 12.7 Å². The molecule has 4 unspecified atom stereocenters. The van der Waals surface area contributed by atoms with E-state index in [0.717, 1.165) is 0 Å². The molecular formula is C10H12N5O6PS-2. The zero-order valence-electron chi connectivity index (χ0n) is 11.4. The summed E-state index contributed by atoms with van der Waals surface area (Å²) in [5.41, 5.74) is 6.29. The molecule has 1 aliphatic rings. The van der Waals surface area contributed by atoms with E-state index < -0.39 is 37.9 Å². The summed E-state index contributed by atoms with van der Waals surface area (Å²) >= 11 is 4.11. The summed E-state index contributed by atoms with van der Waals surface area (Å²) in [6, 6.07) is 0.